The summed E-state index contributed by atoms with van der Waals surface area (Å²) in [6.07, 6.45) is 20.6. The summed E-state index contributed by atoms with van der Waals surface area (Å²) in [7, 11) is 2.57. The first kappa shape index (κ1) is 18.9. The van der Waals surface area contributed by atoms with E-state index in [4.69, 9.17) is 0 Å². The minimum atomic E-state index is 1.28. The molecule has 2 heteroatoms. The van der Waals surface area contributed by atoms with Crippen molar-refractivity contribution < 1.29 is 0 Å². The van der Waals surface area contributed by atoms with Gasteiger partial charge in [-0.15, -0.1) is 0 Å². The molecule has 0 saturated heterocycles. The Morgan fingerprint density at radius 1 is 0.444 bits per heavy atom. The molecule has 0 aliphatic heterocycles. The maximum atomic E-state index is 2.30. The van der Waals surface area contributed by atoms with Crippen molar-refractivity contribution in [2.24, 2.45) is 0 Å². The first-order chi connectivity index (χ1) is 8.91. The fourth-order valence-electron chi connectivity index (χ4n) is 2.16. The van der Waals surface area contributed by atoms with Crippen molar-refractivity contribution in [3.8, 4) is 0 Å². The van der Waals surface area contributed by atoms with E-state index in [-0.39, 0.29) is 0 Å². The van der Waals surface area contributed by atoms with E-state index in [1.165, 1.54) is 106 Å². The van der Waals surface area contributed by atoms with Gasteiger partial charge in [0.2, 0.25) is 0 Å². The van der Waals surface area contributed by atoms with Gasteiger partial charge in [0.05, 0.1) is 0 Å². The molecule has 0 fully saturated rings. The molecular weight excluding hydrogens is 254 g/mol. The highest BCUT2D eigenvalue weighted by Gasteiger charge is 1.93. The highest BCUT2D eigenvalue weighted by atomic mass is 32.0. The summed E-state index contributed by atoms with van der Waals surface area (Å²) in [4.78, 5) is 0. The van der Waals surface area contributed by atoms with Crippen LogP contribution in [0.25, 0.3) is 0 Å². The Hall–Kier alpha value is 0.860. The molecule has 18 heavy (non-hydrogen) atoms. The van der Waals surface area contributed by atoms with Crippen molar-refractivity contribution in [2.75, 3.05) is 12.3 Å². The Morgan fingerprint density at radius 3 is 1.17 bits per heavy atom. The quantitative estimate of drug-likeness (QED) is 0.225. The lowest BCUT2D eigenvalue weighted by atomic mass is 10.1. The Balaban J connectivity index is 2.86. The van der Waals surface area contributed by atoms with E-state index in [2.05, 4.69) is 13.8 Å². The van der Waals surface area contributed by atoms with E-state index in [0.717, 1.165) is 0 Å². The molecule has 0 aromatic heterocycles. The van der Waals surface area contributed by atoms with Crippen molar-refractivity contribution in [2.45, 2.75) is 90.9 Å². The number of unbranched alkanes of at least 4 members (excludes halogenated alkanes) is 10. The van der Waals surface area contributed by atoms with Crippen molar-refractivity contribution in [3.05, 3.63) is 0 Å². The minimum Gasteiger partial charge on any atom is -0.0992 e. The monoisotopic (exact) mass is 290 g/mol. The van der Waals surface area contributed by atoms with Crippen LogP contribution in [-0.2, 0) is 0 Å². The van der Waals surface area contributed by atoms with Gasteiger partial charge in [0.25, 0.3) is 0 Å². The molecule has 0 amide bonds. The smallest absolute Gasteiger partial charge is 0.0317 e. The second-order valence-corrected chi connectivity index (χ2v) is 9.22. The molecule has 110 valence electrons. The maximum Gasteiger partial charge on any atom is -0.0317 e. The molecular formula is C16H36P2. The SMILES string of the molecule is CCCCCCCCCPPCCCCCCC. The maximum absolute atomic E-state index is 2.30. The van der Waals surface area contributed by atoms with Crippen LogP contribution in [0.15, 0.2) is 0 Å². The van der Waals surface area contributed by atoms with Crippen LogP contribution in [0.1, 0.15) is 90.9 Å². The van der Waals surface area contributed by atoms with Crippen LogP contribution in [0.2, 0.25) is 0 Å². The van der Waals surface area contributed by atoms with Gasteiger partial charge in [-0.25, -0.2) is 0 Å². The predicted molar refractivity (Wildman–Crippen MR) is 93.1 cm³/mol. The largest absolute Gasteiger partial charge is 0.0992 e. The van der Waals surface area contributed by atoms with Gasteiger partial charge in [0.15, 0.2) is 0 Å². The highest BCUT2D eigenvalue weighted by Crippen LogP contribution is 2.38. The van der Waals surface area contributed by atoms with Crippen LogP contribution >= 0.6 is 16.5 Å². The Morgan fingerprint density at radius 2 is 0.778 bits per heavy atom. The summed E-state index contributed by atoms with van der Waals surface area (Å²) in [5.74, 6) is 0. The summed E-state index contributed by atoms with van der Waals surface area (Å²) in [5, 5.41) is 0. The normalized spacial score (nSPS) is 12.3. The molecule has 0 heterocycles. The number of rotatable bonds is 15. The lowest BCUT2D eigenvalue weighted by molar-refractivity contribution is 0.603. The number of hydrogen-bond acceptors (Lipinski definition) is 0. The molecule has 0 saturated carbocycles. The predicted octanol–water partition coefficient (Wildman–Crippen LogP) is 6.98. The third kappa shape index (κ3) is 16.9. The minimum absolute atomic E-state index is 1.28. The lowest BCUT2D eigenvalue weighted by Gasteiger charge is -2.03. The molecule has 0 bridgehead atoms. The van der Waals surface area contributed by atoms with Gasteiger partial charge in [-0.3, -0.25) is 0 Å². The van der Waals surface area contributed by atoms with Gasteiger partial charge < -0.3 is 0 Å². The van der Waals surface area contributed by atoms with Gasteiger partial charge in [-0.1, -0.05) is 94.6 Å². The molecule has 0 N–H and O–H groups in total. The summed E-state index contributed by atoms with van der Waals surface area (Å²) >= 11 is 0. The average molecular weight is 290 g/mol. The van der Waals surface area contributed by atoms with Gasteiger partial charge in [-0.05, 0) is 25.2 Å². The van der Waals surface area contributed by atoms with E-state index < -0.39 is 0 Å². The molecule has 0 spiro atoms. The second-order valence-electron chi connectivity index (χ2n) is 5.39. The standard InChI is InChI=1S/C16H36P2/c1-3-5-7-9-10-12-14-16-18-17-15-13-11-8-6-4-2/h17-18H,3-16H2,1-2H3. The summed E-state index contributed by atoms with van der Waals surface area (Å²) in [6, 6.07) is 0. The van der Waals surface area contributed by atoms with Crippen molar-refractivity contribution in [3.63, 3.8) is 0 Å². The first-order valence-electron chi connectivity index (χ1n) is 8.37. The zero-order valence-corrected chi connectivity index (χ0v) is 14.9. The number of hydrogen-bond donors (Lipinski definition) is 0. The molecule has 0 radical (unpaired) electrons. The van der Waals surface area contributed by atoms with Crippen molar-refractivity contribution in [1.82, 2.24) is 0 Å². The van der Waals surface area contributed by atoms with E-state index in [9.17, 15) is 0 Å². The first-order valence-corrected chi connectivity index (χ1v) is 11.8. The van der Waals surface area contributed by atoms with Gasteiger partial charge in [0.1, 0.15) is 0 Å². The fraction of sp³-hybridized carbons (Fsp3) is 1.00. The van der Waals surface area contributed by atoms with Crippen LogP contribution < -0.4 is 0 Å². The second kappa shape index (κ2) is 17.9. The fourth-order valence-corrected chi connectivity index (χ4v) is 5.49. The summed E-state index contributed by atoms with van der Waals surface area (Å²) < 4.78 is 0. The average Bonchev–Trinajstić information content (AvgIpc) is 2.39. The third-order valence-corrected chi connectivity index (χ3v) is 7.14. The van der Waals surface area contributed by atoms with Crippen LogP contribution in [0.5, 0.6) is 0 Å². The molecule has 0 rings (SSSR count). The van der Waals surface area contributed by atoms with Crippen LogP contribution in [0, 0.1) is 0 Å². The van der Waals surface area contributed by atoms with E-state index >= 15 is 0 Å². The zero-order chi connectivity index (χ0) is 13.3. The Bertz CT molecular complexity index is 121. The highest BCUT2D eigenvalue weighted by molar-refractivity contribution is 8.11. The Labute approximate surface area is 120 Å². The van der Waals surface area contributed by atoms with Gasteiger partial charge in [-0.2, -0.15) is 0 Å². The van der Waals surface area contributed by atoms with Gasteiger partial charge in [0, 0.05) is 0 Å². The van der Waals surface area contributed by atoms with Crippen LogP contribution in [0.4, 0.5) is 0 Å². The lowest BCUT2D eigenvalue weighted by Crippen LogP contribution is -1.81. The van der Waals surface area contributed by atoms with E-state index in [1.54, 1.807) is 0 Å². The summed E-state index contributed by atoms with van der Waals surface area (Å²) in [5.41, 5.74) is 0. The third-order valence-electron chi connectivity index (χ3n) is 3.44. The van der Waals surface area contributed by atoms with Crippen LogP contribution in [-0.4, -0.2) is 12.3 Å². The van der Waals surface area contributed by atoms with Crippen LogP contribution in [0.3, 0.4) is 0 Å². The molecule has 0 aliphatic rings. The Kier molecular flexibility index (Phi) is 18.7. The van der Waals surface area contributed by atoms with E-state index in [1.807, 2.05) is 0 Å². The topological polar surface area (TPSA) is 0 Å². The van der Waals surface area contributed by atoms with Crippen molar-refractivity contribution >= 4 is 16.5 Å². The molecule has 0 nitrogen and oxygen atoms in total. The van der Waals surface area contributed by atoms with Gasteiger partial charge >= 0.3 is 0 Å². The summed E-state index contributed by atoms with van der Waals surface area (Å²) in [6.45, 7) is 4.59. The zero-order valence-electron chi connectivity index (χ0n) is 12.9. The molecule has 0 aromatic carbocycles. The molecule has 2 unspecified atom stereocenters. The van der Waals surface area contributed by atoms with E-state index in [0.29, 0.717) is 0 Å². The van der Waals surface area contributed by atoms with Crippen molar-refractivity contribution in [1.29, 1.82) is 0 Å². The molecule has 0 aliphatic carbocycles. The molecule has 0 aromatic rings. The molecule has 2 atom stereocenters.